The first-order chi connectivity index (χ1) is 9.26. The van der Waals surface area contributed by atoms with Crippen LogP contribution in [0.25, 0.3) is 0 Å². The molecule has 0 aliphatic heterocycles. The summed E-state index contributed by atoms with van der Waals surface area (Å²) in [7, 11) is 0. The third-order valence-corrected chi connectivity index (χ3v) is 4.17. The number of aryl methyl sites for hydroxylation is 1. The second kappa shape index (κ2) is 5.14. The topological polar surface area (TPSA) is 75.9 Å². The van der Waals surface area contributed by atoms with Gasteiger partial charge in [-0.15, -0.1) is 0 Å². The summed E-state index contributed by atoms with van der Waals surface area (Å²) >= 11 is 1.72. The number of nitrogens with zero attached hydrogens (tertiary/aromatic N) is 2. The van der Waals surface area contributed by atoms with Crippen LogP contribution in [0.3, 0.4) is 0 Å². The van der Waals surface area contributed by atoms with Crippen LogP contribution < -0.4 is 16.6 Å². The fourth-order valence-corrected chi connectivity index (χ4v) is 2.77. The van der Waals surface area contributed by atoms with E-state index in [4.69, 9.17) is 5.84 Å². The van der Waals surface area contributed by atoms with Crippen LogP contribution in [0.2, 0.25) is 0 Å². The highest BCUT2D eigenvalue weighted by molar-refractivity contribution is 7.08. The molecule has 0 spiro atoms. The van der Waals surface area contributed by atoms with Crippen LogP contribution in [0.4, 0.5) is 11.6 Å². The zero-order chi connectivity index (χ0) is 13.2. The Bertz CT molecular complexity index is 576. The first kappa shape index (κ1) is 12.4. The predicted octanol–water partition coefficient (Wildman–Crippen LogP) is 2.62. The van der Waals surface area contributed by atoms with Crippen LogP contribution in [-0.4, -0.2) is 9.97 Å². The molecule has 0 bridgehead atoms. The van der Waals surface area contributed by atoms with Gasteiger partial charge in [0, 0.05) is 18.5 Å². The molecule has 2 aromatic heterocycles. The molecule has 6 heteroatoms. The van der Waals surface area contributed by atoms with Crippen molar-refractivity contribution in [2.24, 2.45) is 5.84 Å². The van der Waals surface area contributed by atoms with Crippen molar-refractivity contribution in [3.05, 3.63) is 33.8 Å². The van der Waals surface area contributed by atoms with Gasteiger partial charge in [0.15, 0.2) is 0 Å². The second-order valence-corrected chi connectivity index (χ2v) is 5.59. The van der Waals surface area contributed by atoms with Gasteiger partial charge in [-0.2, -0.15) is 11.3 Å². The summed E-state index contributed by atoms with van der Waals surface area (Å²) in [6.07, 6.45) is 2.36. The van der Waals surface area contributed by atoms with E-state index >= 15 is 0 Å². The number of anilines is 2. The van der Waals surface area contributed by atoms with Crippen LogP contribution in [0, 0.1) is 6.92 Å². The van der Waals surface area contributed by atoms with Gasteiger partial charge in [0.2, 0.25) is 0 Å². The zero-order valence-corrected chi connectivity index (χ0v) is 11.6. The van der Waals surface area contributed by atoms with E-state index in [2.05, 4.69) is 38.4 Å². The Hall–Kier alpha value is -1.66. The Morgan fingerprint density at radius 1 is 1.32 bits per heavy atom. The van der Waals surface area contributed by atoms with Gasteiger partial charge in [-0.1, -0.05) is 0 Å². The van der Waals surface area contributed by atoms with E-state index in [9.17, 15) is 0 Å². The molecule has 2 heterocycles. The number of hydrogen-bond acceptors (Lipinski definition) is 6. The Morgan fingerprint density at radius 2 is 2.11 bits per heavy atom. The van der Waals surface area contributed by atoms with E-state index in [0.29, 0.717) is 11.7 Å². The van der Waals surface area contributed by atoms with Crippen LogP contribution in [0.5, 0.6) is 0 Å². The van der Waals surface area contributed by atoms with Gasteiger partial charge in [0.1, 0.15) is 17.5 Å². The Balaban J connectivity index is 1.76. The van der Waals surface area contributed by atoms with Crippen molar-refractivity contribution >= 4 is 23.0 Å². The standard InChI is InChI=1S/C13H17N5S/c1-8-6-19-7-10(8)5-15-11-4-12(18-14)17-13(16-11)9-2-3-9/h4,6-7,9H,2-3,5,14H2,1H3,(H2,15,16,17,18). The Kier molecular flexibility index (Phi) is 3.35. The normalized spacial score (nSPS) is 14.4. The Morgan fingerprint density at radius 3 is 2.74 bits per heavy atom. The van der Waals surface area contributed by atoms with E-state index in [1.807, 2.05) is 6.07 Å². The molecule has 1 fully saturated rings. The highest BCUT2D eigenvalue weighted by Crippen LogP contribution is 2.38. The highest BCUT2D eigenvalue weighted by atomic mass is 32.1. The molecule has 0 atom stereocenters. The van der Waals surface area contributed by atoms with Gasteiger partial charge in [-0.05, 0) is 41.7 Å². The molecule has 0 unspecified atom stereocenters. The quantitative estimate of drug-likeness (QED) is 0.577. The molecule has 0 radical (unpaired) electrons. The number of thiophene rings is 1. The van der Waals surface area contributed by atoms with Crippen LogP contribution in [0.1, 0.15) is 35.7 Å². The smallest absolute Gasteiger partial charge is 0.145 e. The lowest BCUT2D eigenvalue weighted by Crippen LogP contribution is -2.12. The minimum atomic E-state index is 0.511. The van der Waals surface area contributed by atoms with Crippen LogP contribution >= 0.6 is 11.3 Å². The number of nitrogen functional groups attached to an aromatic ring is 1. The maximum Gasteiger partial charge on any atom is 0.145 e. The first-order valence-electron chi connectivity index (χ1n) is 6.37. The van der Waals surface area contributed by atoms with E-state index in [1.54, 1.807) is 11.3 Å². The van der Waals surface area contributed by atoms with Gasteiger partial charge in [0.25, 0.3) is 0 Å². The molecule has 1 aliphatic carbocycles. The SMILES string of the molecule is Cc1cscc1CNc1cc(NN)nc(C2CC2)n1. The first-order valence-corrected chi connectivity index (χ1v) is 7.31. The molecule has 2 aromatic rings. The fraction of sp³-hybridized carbons (Fsp3) is 0.385. The largest absolute Gasteiger partial charge is 0.366 e. The lowest BCUT2D eigenvalue weighted by Gasteiger charge is -2.09. The second-order valence-electron chi connectivity index (χ2n) is 4.85. The van der Waals surface area contributed by atoms with Crippen LogP contribution in [0.15, 0.2) is 16.8 Å². The lowest BCUT2D eigenvalue weighted by atomic mass is 10.2. The summed E-state index contributed by atoms with van der Waals surface area (Å²) < 4.78 is 0. The monoisotopic (exact) mass is 275 g/mol. The molecule has 3 rings (SSSR count). The number of hydrogen-bond donors (Lipinski definition) is 3. The number of hydrazine groups is 1. The van der Waals surface area contributed by atoms with Crippen LogP contribution in [-0.2, 0) is 6.54 Å². The summed E-state index contributed by atoms with van der Waals surface area (Å²) in [5.74, 6) is 8.35. The summed E-state index contributed by atoms with van der Waals surface area (Å²) in [6, 6.07) is 1.84. The number of nitrogens with two attached hydrogens (primary N) is 1. The molecule has 0 amide bonds. The summed E-state index contributed by atoms with van der Waals surface area (Å²) in [5, 5.41) is 7.66. The van der Waals surface area contributed by atoms with Gasteiger partial charge in [-0.25, -0.2) is 15.8 Å². The molecule has 1 saturated carbocycles. The maximum atomic E-state index is 5.46. The number of rotatable bonds is 5. The minimum absolute atomic E-state index is 0.511. The predicted molar refractivity (Wildman–Crippen MR) is 78.2 cm³/mol. The van der Waals surface area contributed by atoms with Crippen molar-refractivity contribution in [2.75, 3.05) is 10.7 Å². The molecular weight excluding hydrogens is 258 g/mol. The third-order valence-electron chi connectivity index (χ3n) is 3.26. The molecule has 4 N–H and O–H groups in total. The van der Waals surface area contributed by atoms with E-state index < -0.39 is 0 Å². The van der Waals surface area contributed by atoms with Gasteiger partial charge >= 0.3 is 0 Å². The van der Waals surface area contributed by atoms with Crippen molar-refractivity contribution in [1.29, 1.82) is 0 Å². The average molecular weight is 275 g/mol. The van der Waals surface area contributed by atoms with Crippen molar-refractivity contribution in [2.45, 2.75) is 32.2 Å². The van der Waals surface area contributed by atoms with Crippen molar-refractivity contribution in [3.8, 4) is 0 Å². The molecular formula is C13H17N5S. The van der Waals surface area contributed by atoms with Gasteiger partial charge in [0.05, 0.1) is 0 Å². The maximum absolute atomic E-state index is 5.46. The Labute approximate surface area is 116 Å². The van der Waals surface area contributed by atoms with Crippen molar-refractivity contribution in [3.63, 3.8) is 0 Å². The summed E-state index contributed by atoms with van der Waals surface area (Å²) in [4.78, 5) is 8.95. The molecule has 19 heavy (non-hydrogen) atoms. The van der Waals surface area contributed by atoms with E-state index in [0.717, 1.165) is 18.2 Å². The lowest BCUT2D eigenvalue weighted by molar-refractivity contribution is 0.920. The van der Waals surface area contributed by atoms with Crippen molar-refractivity contribution < 1.29 is 0 Å². The number of nitrogens with one attached hydrogen (secondary N) is 2. The zero-order valence-electron chi connectivity index (χ0n) is 10.8. The number of aromatic nitrogens is 2. The third kappa shape index (κ3) is 2.85. The van der Waals surface area contributed by atoms with E-state index in [1.165, 1.54) is 24.0 Å². The average Bonchev–Trinajstić information content (AvgIpc) is 3.20. The van der Waals surface area contributed by atoms with E-state index in [-0.39, 0.29) is 0 Å². The molecule has 0 aromatic carbocycles. The fourth-order valence-electron chi connectivity index (χ4n) is 1.91. The molecule has 100 valence electrons. The van der Waals surface area contributed by atoms with Gasteiger partial charge in [-0.3, -0.25) is 0 Å². The van der Waals surface area contributed by atoms with Gasteiger partial charge < -0.3 is 10.7 Å². The summed E-state index contributed by atoms with van der Waals surface area (Å²) in [5.41, 5.74) is 5.22. The highest BCUT2D eigenvalue weighted by Gasteiger charge is 2.27. The molecule has 0 saturated heterocycles. The summed E-state index contributed by atoms with van der Waals surface area (Å²) in [6.45, 7) is 2.90. The molecule has 5 nitrogen and oxygen atoms in total. The van der Waals surface area contributed by atoms with Crippen molar-refractivity contribution in [1.82, 2.24) is 9.97 Å². The minimum Gasteiger partial charge on any atom is -0.366 e. The molecule has 1 aliphatic rings.